The lowest BCUT2D eigenvalue weighted by molar-refractivity contribution is 0.152. The maximum absolute atomic E-state index is 5.36. The maximum atomic E-state index is 5.36. The average Bonchev–Trinajstić information content (AvgIpc) is 2.95. The third-order valence-corrected chi connectivity index (χ3v) is 3.72. The van der Waals surface area contributed by atoms with E-state index in [0.717, 1.165) is 48.3 Å². The molecule has 0 fully saturated rings. The van der Waals surface area contributed by atoms with Gasteiger partial charge in [-0.1, -0.05) is 18.2 Å². The molecule has 6 heteroatoms. The Morgan fingerprint density at radius 3 is 2.68 bits per heavy atom. The Morgan fingerprint density at radius 1 is 1.20 bits per heavy atom. The molecule has 1 aromatic heterocycles. The van der Waals surface area contributed by atoms with Gasteiger partial charge >= 0.3 is 0 Å². The molecule has 0 bridgehead atoms. The van der Waals surface area contributed by atoms with Gasteiger partial charge in [-0.3, -0.25) is 0 Å². The second kappa shape index (κ2) is 9.84. The van der Waals surface area contributed by atoms with Gasteiger partial charge in [0.05, 0.1) is 24.5 Å². The summed E-state index contributed by atoms with van der Waals surface area (Å²) in [6.07, 6.45) is 0. The van der Waals surface area contributed by atoms with E-state index < -0.39 is 0 Å². The van der Waals surface area contributed by atoms with Gasteiger partial charge < -0.3 is 15.4 Å². The Morgan fingerprint density at radius 2 is 2.00 bits per heavy atom. The van der Waals surface area contributed by atoms with Crippen molar-refractivity contribution in [3.63, 3.8) is 0 Å². The van der Waals surface area contributed by atoms with Crippen molar-refractivity contribution in [2.24, 2.45) is 4.99 Å². The maximum Gasteiger partial charge on any atom is 0.191 e. The molecular weight excluding hydrogens is 314 g/mol. The van der Waals surface area contributed by atoms with Crippen molar-refractivity contribution in [1.82, 2.24) is 20.4 Å². The Hall–Kier alpha value is -2.34. The molecule has 0 amide bonds. The second-order valence-corrected chi connectivity index (χ2v) is 5.79. The van der Waals surface area contributed by atoms with Crippen molar-refractivity contribution >= 4 is 5.96 Å². The number of aryl methyl sites for hydroxylation is 2. The molecule has 6 nitrogen and oxygen atoms in total. The lowest BCUT2D eigenvalue weighted by atomic mass is 10.2. The number of guanidine groups is 1. The molecule has 0 aliphatic carbocycles. The Bertz CT molecular complexity index is 693. The monoisotopic (exact) mass is 343 g/mol. The molecule has 0 unspecified atom stereocenters. The summed E-state index contributed by atoms with van der Waals surface area (Å²) in [5, 5.41) is 11.2. The number of nitrogens with one attached hydrogen (secondary N) is 2. The lowest BCUT2D eigenvalue weighted by Gasteiger charge is -2.13. The summed E-state index contributed by atoms with van der Waals surface area (Å²) in [5.74, 6) is 0.797. The van der Waals surface area contributed by atoms with E-state index in [9.17, 15) is 0 Å². The van der Waals surface area contributed by atoms with Crippen molar-refractivity contribution in [2.45, 2.75) is 34.2 Å². The highest BCUT2D eigenvalue weighted by molar-refractivity contribution is 5.79. The van der Waals surface area contributed by atoms with E-state index in [1.165, 1.54) is 0 Å². The molecule has 25 heavy (non-hydrogen) atoms. The van der Waals surface area contributed by atoms with Gasteiger partial charge in [-0.15, -0.1) is 0 Å². The number of hydrogen-bond acceptors (Lipinski definition) is 3. The van der Waals surface area contributed by atoms with Crippen LogP contribution in [-0.4, -0.2) is 42.0 Å². The van der Waals surface area contributed by atoms with Crippen LogP contribution in [0.4, 0.5) is 0 Å². The molecule has 0 spiro atoms. The predicted molar refractivity (Wildman–Crippen MR) is 102 cm³/mol. The SMILES string of the molecule is CCNC(=NCc1ccccc1-n1nc(C)cc1C)NCCOCC. The van der Waals surface area contributed by atoms with Gasteiger partial charge in [-0.05, 0) is 45.4 Å². The van der Waals surface area contributed by atoms with Gasteiger partial charge in [-0.2, -0.15) is 5.10 Å². The highest BCUT2D eigenvalue weighted by Gasteiger charge is 2.08. The molecule has 1 aromatic carbocycles. The topological polar surface area (TPSA) is 63.5 Å². The molecule has 136 valence electrons. The first-order valence-corrected chi connectivity index (χ1v) is 8.87. The Balaban J connectivity index is 2.14. The zero-order valence-corrected chi connectivity index (χ0v) is 15.7. The van der Waals surface area contributed by atoms with E-state index >= 15 is 0 Å². The van der Waals surface area contributed by atoms with E-state index in [2.05, 4.69) is 47.8 Å². The lowest BCUT2D eigenvalue weighted by Crippen LogP contribution is -2.39. The minimum atomic E-state index is 0.582. The summed E-state index contributed by atoms with van der Waals surface area (Å²) in [4.78, 5) is 4.70. The van der Waals surface area contributed by atoms with Gasteiger partial charge in [0.1, 0.15) is 0 Å². The number of rotatable bonds is 8. The van der Waals surface area contributed by atoms with Gasteiger partial charge in [0.2, 0.25) is 0 Å². The summed E-state index contributed by atoms with van der Waals surface area (Å²) in [7, 11) is 0. The molecule has 0 saturated carbocycles. The van der Waals surface area contributed by atoms with Crippen LogP contribution in [0.2, 0.25) is 0 Å². The summed E-state index contributed by atoms with van der Waals surface area (Å²) >= 11 is 0. The normalized spacial score (nSPS) is 11.6. The van der Waals surface area contributed by atoms with Crippen molar-refractivity contribution in [2.75, 3.05) is 26.3 Å². The van der Waals surface area contributed by atoms with E-state index in [4.69, 9.17) is 9.73 Å². The van der Waals surface area contributed by atoms with Crippen LogP contribution in [0.25, 0.3) is 5.69 Å². The van der Waals surface area contributed by atoms with Crippen LogP contribution >= 0.6 is 0 Å². The number of hydrogen-bond donors (Lipinski definition) is 2. The van der Waals surface area contributed by atoms with Crippen LogP contribution in [0.1, 0.15) is 30.8 Å². The number of para-hydroxylation sites is 1. The standard InChI is InChI=1S/C19H29N5O/c1-5-20-19(21-11-12-25-6-2)22-14-17-9-7-8-10-18(17)24-16(4)13-15(3)23-24/h7-10,13H,5-6,11-12,14H2,1-4H3,(H2,20,21,22). The zero-order valence-electron chi connectivity index (χ0n) is 15.7. The molecular formula is C19H29N5O. The van der Waals surface area contributed by atoms with E-state index in [1.54, 1.807) is 0 Å². The Kier molecular flexibility index (Phi) is 7.47. The second-order valence-electron chi connectivity index (χ2n) is 5.79. The van der Waals surface area contributed by atoms with E-state index in [-0.39, 0.29) is 0 Å². The van der Waals surface area contributed by atoms with Crippen LogP contribution in [0.5, 0.6) is 0 Å². The Labute approximate surface area is 150 Å². The molecule has 2 rings (SSSR count). The third kappa shape index (κ3) is 5.60. The molecule has 1 heterocycles. The number of ether oxygens (including phenoxy) is 1. The van der Waals surface area contributed by atoms with Crippen LogP contribution in [0.3, 0.4) is 0 Å². The number of nitrogens with zero attached hydrogens (tertiary/aromatic N) is 3. The molecule has 0 saturated heterocycles. The fourth-order valence-corrected chi connectivity index (χ4v) is 2.62. The van der Waals surface area contributed by atoms with Gasteiger partial charge in [0.25, 0.3) is 0 Å². The van der Waals surface area contributed by atoms with Crippen LogP contribution in [0.15, 0.2) is 35.3 Å². The highest BCUT2D eigenvalue weighted by atomic mass is 16.5. The predicted octanol–water partition coefficient (Wildman–Crippen LogP) is 2.58. The van der Waals surface area contributed by atoms with E-state index in [0.29, 0.717) is 13.2 Å². The molecule has 2 aromatic rings. The quantitative estimate of drug-likeness (QED) is 0.439. The minimum absolute atomic E-state index is 0.582. The first kappa shape index (κ1) is 19.0. The summed E-state index contributed by atoms with van der Waals surface area (Å²) in [5.41, 5.74) is 4.34. The molecule has 0 aliphatic rings. The van der Waals surface area contributed by atoms with Gasteiger partial charge in [0.15, 0.2) is 5.96 Å². The van der Waals surface area contributed by atoms with Crippen LogP contribution in [0, 0.1) is 13.8 Å². The number of benzene rings is 1. The molecule has 0 atom stereocenters. The zero-order chi connectivity index (χ0) is 18.1. The molecule has 0 aliphatic heterocycles. The van der Waals surface area contributed by atoms with Crippen LogP contribution < -0.4 is 10.6 Å². The number of aromatic nitrogens is 2. The number of aliphatic imine (C=N–C) groups is 1. The summed E-state index contributed by atoms with van der Waals surface area (Å²) in [6.45, 7) is 11.7. The fraction of sp³-hybridized carbons (Fsp3) is 0.474. The summed E-state index contributed by atoms with van der Waals surface area (Å²) in [6, 6.07) is 10.3. The first-order valence-electron chi connectivity index (χ1n) is 8.87. The van der Waals surface area contributed by atoms with E-state index in [1.807, 2.05) is 30.7 Å². The van der Waals surface area contributed by atoms with Crippen molar-refractivity contribution < 1.29 is 4.74 Å². The smallest absolute Gasteiger partial charge is 0.191 e. The van der Waals surface area contributed by atoms with Crippen molar-refractivity contribution in [3.8, 4) is 5.69 Å². The van der Waals surface area contributed by atoms with Gasteiger partial charge in [-0.25, -0.2) is 9.67 Å². The largest absolute Gasteiger partial charge is 0.380 e. The highest BCUT2D eigenvalue weighted by Crippen LogP contribution is 2.17. The van der Waals surface area contributed by atoms with Gasteiger partial charge in [0, 0.05) is 25.4 Å². The van der Waals surface area contributed by atoms with Crippen LogP contribution in [-0.2, 0) is 11.3 Å². The minimum Gasteiger partial charge on any atom is -0.380 e. The van der Waals surface area contributed by atoms with Crippen molar-refractivity contribution in [1.29, 1.82) is 0 Å². The fourth-order valence-electron chi connectivity index (χ4n) is 2.62. The molecule has 2 N–H and O–H groups in total. The summed E-state index contributed by atoms with van der Waals surface area (Å²) < 4.78 is 7.34. The molecule has 0 radical (unpaired) electrons. The third-order valence-electron chi connectivity index (χ3n) is 3.72. The van der Waals surface area contributed by atoms with Crippen molar-refractivity contribution in [3.05, 3.63) is 47.3 Å². The average molecular weight is 343 g/mol. The first-order chi connectivity index (χ1) is 12.2.